The molecule has 0 aliphatic rings. The van der Waals surface area contributed by atoms with E-state index in [0.29, 0.717) is 18.9 Å². The predicted octanol–water partition coefficient (Wildman–Crippen LogP) is 2.57. The second-order valence-electron chi connectivity index (χ2n) is 4.83. The summed E-state index contributed by atoms with van der Waals surface area (Å²) in [5.74, 6) is 0.201. The maximum Gasteiger partial charge on any atom is 0.305 e. The van der Waals surface area contributed by atoms with Crippen molar-refractivity contribution in [3.63, 3.8) is 0 Å². The SMILES string of the molecule is CCCCC(CC)COC(=O)CCCS(C)(=O)=O. The lowest BCUT2D eigenvalue weighted by atomic mass is 10.0. The zero-order valence-electron chi connectivity index (χ0n) is 11.8. The molecule has 0 aromatic heterocycles. The summed E-state index contributed by atoms with van der Waals surface area (Å²) in [6.07, 6.45) is 6.13. The third-order valence-corrected chi connectivity index (χ3v) is 3.95. The van der Waals surface area contributed by atoms with Gasteiger partial charge in [-0.15, -0.1) is 0 Å². The Kier molecular flexibility index (Phi) is 9.06. The van der Waals surface area contributed by atoms with Crippen molar-refractivity contribution in [1.29, 1.82) is 0 Å². The molecular formula is C13H26O4S. The van der Waals surface area contributed by atoms with Crippen LogP contribution in [0.4, 0.5) is 0 Å². The van der Waals surface area contributed by atoms with E-state index in [9.17, 15) is 13.2 Å². The van der Waals surface area contributed by atoms with E-state index in [0.717, 1.165) is 25.7 Å². The fourth-order valence-corrected chi connectivity index (χ4v) is 2.33. The molecule has 0 aliphatic carbocycles. The standard InChI is InChI=1S/C13H26O4S/c1-4-6-8-12(5-2)11-17-13(14)9-7-10-18(3,15)16/h12H,4-11H2,1-3H3. The van der Waals surface area contributed by atoms with Gasteiger partial charge in [-0.1, -0.05) is 33.1 Å². The van der Waals surface area contributed by atoms with Crippen LogP contribution in [0.25, 0.3) is 0 Å². The molecule has 0 radical (unpaired) electrons. The average molecular weight is 278 g/mol. The molecule has 0 N–H and O–H groups in total. The summed E-state index contributed by atoms with van der Waals surface area (Å²) in [5, 5.41) is 0. The van der Waals surface area contributed by atoms with E-state index in [-0.39, 0.29) is 18.1 Å². The summed E-state index contributed by atoms with van der Waals surface area (Å²) in [6.45, 7) is 4.70. The number of hydrogen-bond donors (Lipinski definition) is 0. The Hall–Kier alpha value is -0.580. The number of carbonyl (C=O) groups excluding carboxylic acids is 1. The van der Waals surface area contributed by atoms with Gasteiger partial charge in [0.2, 0.25) is 0 Å². The van der Waals surface area contributed by atoms with Gasteiger partial charge in [0.05, 0.1) is 12.4 Å². The fraction of sp³-hybridized carbons (Fsp3) is 0.923. The largest absolute Gasteiger partial charge is 0.465 e. The summed E-state index contributed by atoms with van der Waals surface area (Å²) in [7, 11) is -2.98. The van der Waals surface area contributed by atoms with Gasteiger partial charge in [0.15, 0.2) is 0 Å². The van der Waals surface area contributed by atoms with Crippen molar-refractivity contribution >= 4 is 15.8 Å². The maximum atomic E-state index is 11.4. The van der Waals surface area contributed by atoms with Gasteiger partial charge in [0.25, 0.3) is 0 Å². The van der Waals surface area contributed by atoms with Gasteiger partial charge in [-0.2, -0.15) is 0 Å². The van der Waals surface area contributed by atoms with Crippen LogP contribution >= 0.6 is 0 Å². The molecule has 0 spiro atoms. The van der Waals surface area contributed by atoms with Crippen molar-refractivity contribution < 1.29 is 17.9 Å². The van der Waals surface area contributed by atoms with Gasteiger partial charge < -0.3 is 4.74 Å². The highest BCUT2D eigenvalue weighted by atomic mass is 32.2. The minimum atomic E-state index is -2.98. The highest BCUT2D eigenvalue weighted by Crippen LogP contribution is 2.13. The Morgan fingerprint density at radius 1 is 1.22 bits per heavy atom. The van der Waals surface area contributed by atoms with E-state index in [1.54, 1.807) is 0 Å². The topological polar surface area (TPSA) is 60.4 Å². The van der Waals surface area contributed by atoms with Crippen LogP contribution in [-0.2, 0) is 19.4 Å². The molecule has 4 nitrogen and oxygen atoms in total. The lowest BCUT2D eigenvalue weighted by Crippen LogP contribution is -2.14. The zero-order chi connectivity index (χ0) is 14.0. The van der Waals surface area contributed by atoms with Crippen molar-refractivity contribution in [2.45, 2.75) is 52.4 Å². The molecule has 108 valence electrons. The summed E-state index contributed by atoms with van der Waals surface area (Å²) in [6, 6.07) is 0. The average Bonchev–Trinajstić information content (AvgIpc) is 2.27. The van der Waals surface area contributed by atoms with Gasteiger partial charge in [-0.05, 0) is 18.8 Å². The van der Waals surface area contributed by atoms with Crippen LogP contribution in [0.5, 0.6) is 0 Å². The van der Waals surface area contributed by atoms with Crippen LogP contribution in [0.1, 0.15) is 52.4 Å². The number of esters is 1. The Bertz CT molecular complexity index is 322. The Labute approximate surface area is 111 Å². The third kappa shape index (κ3) is 10.6. The maximum absolute atomic E-state index is 11.4. The van der Waals surface area contributed by atoms with Crippen molar-refractivity contribution in [3.05, 3.63) is 0 Å². The van der Waals surface area contributed by atoms with Crippen molar-refractivity contribution in [2.75, 3.05) is 18.6 Å². The molecule has 0 aromatic carbocycles. The van der Waals surface area contributed by atoms with E-state index in [1.807, 2.05) is 0 Å². The van der Waals surface area contributed by atoms with Gasteiger partial charge in [-0.25, -0.2) is 8.42 Å². The number of ether oxygens (including phenoxy) is 1. The molecule has 0 rings (SSSR count). The number of sulfone groups is 1. The van der Waals surface area contributed by atoms with Crippen molar-refractivity contribution in [3.8, 4) is 0 Å². The molecule has 0 saturated carbocycles. The first-order valence-corrected chi connectivity index (χ1v) is 8.78. The Morgan fingerprint density at radius 2 is 1.89 bits per heavy atom. The minimum Gasteiger partial charge on any atom is -0.465 e. The second-order valence-corrected chi connectivity index (χ2v) is 7.09. The van der Waals surface area contributed by atoms with Gasteiger partial charge in [0.1, 0.15) is 9.84 Å². The minimum absolute atomic E-state index is 0.0507. The van der Waals surface area contributed by atoms with Crippen LogP contribution < -0.4 is 0 Å². The molecule has 5 heteroatoms. The lowest BCUT2D eigenvalue weighted by molar-refractivity contribution is -0.145. The van der Waals surface area contributed by atoms with Crippen LogP contribution in [0.3, 0.4) is 0 Å². The molecular weight excluding hydrogens is 252 g/mol. The molecule has 1 unspecified atom stereocenters. The summed E-state index contributed by atoms with van der Waals surface area (Å²) >= 11 is 0. The van der Waals surface area contributed by atoms with E-state index in [4.69, 9.17) is 4.74 Å². The number of rotatable bonds is 10. The summed E-state index contributed by atoms with van der Waals surface area (Å²) in [5.41, 5.74) is 0. The smallest absolute Gasteiger partial charge is 0.305 e. The first-order valence-electron chi connectivity index (χ1n) is 6.72. The molecule has 0 bridgehead atoms. The van der Waals surface area contributed by atoms with Crippen molar-refractivity contribution in [2.24, 2.45) is 5.92 Å². The van der Waals surface area contributed by atoms with Gasteiger partial charge in [-0.3, -0.25) is 4.79 Å². The van der Waals surface area contributed by atoms with E-state index in [1.165, 1.54) is 6.26 Å². The van der Waals surface area contributed by atoms with Gasteiger partial charge in [0, 0.05) is 12.7 Å². The molecule has 0 heterocycles. The second kappa shape index (κ2) is 9.36. The van der Waals surface area contributed by atoms with E-state index >= 15 is 0 Å². The normalized spacial score (nSPS) is 13.3. The molecule has 0 saturated heterocycles. The predicted molar refractivity (Wildman–Crippen MR) is 73.2 cm³/mol. The molecule has 0 amide bonds. The first-order chi connectivity index (χ1) is 8.39. The highest BCUT2D eigenvalue weighted by Gasteiger charge is 2.11. The monoisotopic (exact) mass is 278 g/mol. The first kappa shape index (κ1) is 17.4. The van der Waals surface area contributed by atoms with E-state index < -0.39 is 9.84 Å². The number of unbranched alkanes of at least 4 members (excludes halogenated alkanes) is 1. The molecule has 18 heavy (non-hydrogen) atoms. The molecule has 1 atom stereocenters. The van der Waals surface area contributed by atoms with Crippen LogP contribution in [0.15, 0.2) is 0 Å². The fourth-order valence-electron chi connectivity index (χ4n) is 1.66. The Morgan fingerprint density at radius 3 is 2.39 bits per heavy atom. The van der Waals surface area contributed by atoms with Crippen LogP contribution in [0.2, 0.25) is 0 Å². The Balaban J connectivity index is 3.74. The van der Waals surface area contributed by atoms with Crippen LogP contribution in [0, 0.1) is 5.92 Å². The van der Waals surface area contributed by atoms with Gasteiger partial charge >= 0.3 is 5.97 Å². The quantitative estimate of drug-likeness (QED) is 0.576. The highest BCUT2D eigenvalue weighted by molar-refractivity contribution is 7.90. The zero-order valence-corrected chi connectivity index (χ0v) is 12.6. The van der Waals surface area contributed by atoms with Crippen LogP contribution in [-0.4, -0.2) is 33.0 Å². The lowest BCUT2D eigenvalue weighted by Gasteiger charge is -2.14. The van der Waals surface area contributed by atoms with E-state index in [2.05, 4.69) is 13.8 Å². The number of hydrogen-bond acceptors (Lipinski definition) is 4. The summed E-state index contributed by atoms with van der Waals surface area (Å²) in [4.78, 5) is 11.4. The third-order valence-electron chi connectivity index (χ3n) is 2.92. The molecule has 0 aromatic rings. The van der Waals surface area contributed by atoms with Crippen molar-refractivity contribution in [1.82, 2.24) is 0 Å². The molecule has 0 fully saturated rings. The molecule has 0 aliphatic heterocycles. The number of carbonyl (C=O) groups is 1. The summed E-state index contributed by atoms with van der Waals surface area (Å²) < 4.78 is 27.0.